The molecule has 17 heavy (non-hydrogen) atoms. The van der Waals surface area contributed by atoms with Gasteiger partial charge < -0.3 is 5.11 Å². The smallest absolute Gasteiger partial charge is 0.0772 e. The quantitative estimate of drug-likeness (QED) is 0.878. The maximum absolute atomic E-state index is 9.70. The third-order valence-corrected chi connectivity index (χ3v) is 3.71. The summed E-state index contributed by atoms with van der Waals surface area (Å²) in [5.41, 5.74) is 0.942. The second kappa shape index (κ2) is 5.58. The van der Waals surface area contributed by atoms with Crippen LogP contribution in [0.4, 0.5) is 0 Å². The van der Waals surface area contributed by atoms with Crippen molar-refractivity contribution in [1.29, 1.82) is 0 Å². The molecule has 0 radical (unpaired) electrons. The lowest BCUT2D eigenvalue weighted by Crippen LogP contribution is -1.93. The highest BCUT2D eigenvalue weighted by Gasteiger charge is 2.08. The van der Waals surface area contributed by atoms with E-state index in [-0.39, 0.29) is 0 Å². The second-order valence-corrected chi connectivity index (χ2v) is 5.33. The zero-order valence-corrected chi connectivity index (χ0v) is 11.0. The van der Waals surface area contributed by atoms with Gasteiger partial charge in [0, 0.05) is 14.8 Å². The summed E-state index contributed by atoms with van der Waals surface area (Å²) >= 11 is 7.56. The Bertz CT molecular complexity index is 511. The van der Waals surface area contributed by atoms with Crippen molar-refractivity contribution < 1.29 is 5.11 Å². The van der Waals surface area contributed by atoms with E-state index in [0.717, 1.165) is 20.4 Å². The lowest BCUT2D eigenvalue weighted by Gasteiger charge is -2.11. The zero-order chi connectivity index (χ0) is 12.3. The van der Waals surface area contributed by atoms with E-state index in [1.165, 1.54) is 0 Å². The average molecular weight is 265 g/mol. The van der Waals surface area contributed by atoms with Crippen LogP contribution in [0.25, 0.3) is 0 Å². The second-order valence-electron chi connectivity index (χ2n) is 3.77. The molecule has 0 aliphatic heterocycles. The lowest BCUT2D eigenvalue weighted by atomic mass is 10.1. The van der Waals surface area contributed by atoms with Crippen LogP contribution >= 0.6 is 23.4 Å². The van der Waals surface area contributed by atoms with E-state index in [1.807, 2.05) is 48.5 Å². The van der Waals surface area contributed by atoms with Crippen LogP contribution in [-0.2, 0) is 0 Å². The third-order valence-electron chi connectivity index (χ3n) is 2.39. The van der Waals surface area contributed by atoms with Crippen molar-refractivity contribution in [2.45, 2.75) is 22.8 Å². The minimum Gasteiger partial charge on any atom is -0.389 e. The fourth-order valence-corrected chi connectivity index (χ4v) is 2.92. The largest absolute Gasteiger partial charge is 0.389 e. The normalized spacial score (nSPS) is 12.4. The van der Waals surface area contributed by atoms with Crippen LogP contribution in [0.3, 0.4) is 0 Å². The molecule has 2 aromatic rings. The molecule has 0 heterocycles. The van der Waals surface area contributed by atoms with Crippen LogP contribution in [0.1, 0.15) is 18.6 Å². The fraction of sp³-hybridized carbons (Fsp3) is 0.143. The number of halogens is 1. The molecule has 2 aromatic carbocycles. The molecule has 0 aliphatic rings. The van der Waals surface area contributed by atoms with Crippen molar-refractivity contribution in [3.63, 3.8) is 0 Å². The summed E-state index contributed by atoms with van der Waals surface area (Å²) in [7, 11) is 0. The Kier molecular flexibility index (Phi) is 4.11. The predicted molar refractivity (Wildman–Crippen MR) is 72.7 cm³/mol. The van der Waals surface area contributed by atoms with E-state index >= 15 is 0 Å². The first kappa shape index (κ1) is 12.5. The summed E-state index contributed by atoms with van der Waals surface area (Å²) in [5, 5.41) is 10.4. The molecule has 2 rings (SSSR count). The number of benzene rings is 2. The van der Waals surface area contributed by atoms with Crippen molar-refractivity contribution in [2.75, 3.05) is 0 Å². The number of aliphatic hydroxyl groups excluding tert-OH is 1. The Morgan fingerprint density at radius 2 is 1.88 bits per heavy atom. The third kappa shape index (κ3) is 3.25. The van der Waals surface area contributed by atoms with Crippen LogP contribution < -0.4 is 0 Å². The van der Waals surface area contributed by atoms with Crippen LogP contribution in [0.2, 0.25) is 5.02 Å². The Balaban J connectivity index is 2.30. The van der Waals surface area contributed by atoms with Gasteiger partial charge in [0.15, 0.2) is 0 Å². The molecule has 3 heteroatoms. The molecule has 0 saturated heterocycles. The van der Waals surface area contributed by atoms with Crippen molar-refractivity contribution >= 4 is 23.4 Å². The van der Waals surface area contributed by atoms with Gasteiger partial charge in [-0.05, 0) is 36.8 Å². The van der Waals surface area contributed by atoms with Crippen LogP contribution in [0.5, 0.6) is 0 Å². The van der Waals surface area contributed by atoms with Crippen molar-refractivity contribution in [3.05, 3.63) is 59.1 Å². The van der Waals surface area contributed by atoms with Gasteiger partial charge in [-0.2, -0.15) is 0 Å². The molecule has 0 saturated carbocycles. The molecule has 0 unspecified atom stereocenters. The molecule has 0 fully saturated rings. The first-order chi connectivity index (χ1) is 8.16. The Morgan fingerprint density at radius 1 is 1.12 bits per heavy atom. The van der Waals surface area contributed by atoms with Gasteiger partial charge in [0.05, 0.1) is 6.10 Å². The summed E-state index contributed by atoms with van der Waals surface area (Å²) in [6.45, 7) is 1.78. The van der Waals surface area contributed by atoms with Crippen LogP contribution in [0, 0.1) is 0 Å². The highest BCUT2D eigenvalue weighted by atomic mass is 35.5. The molecule has 0 aromatic heterocycles. The fourth-order valence-electron chi connectivity index (χ4n) is 1.58. The van der Waals surface area contributed by atoms with Gasteiger partial charge in [-0.1, -0.05) is 47.6 Å². The molecule has 0 spiro atoms. The monoisotopic (exact) mass is 264 g/mol. The Morgan fingerprint density at radius 3 is 2.59 bits per heavy atom. The summed E-state index contributed by atoms with van der Waals surface area (Å²) in [4.78, 5) is 2.13. The van der Waals surface area contributed by atoms with Gasteiger partial charge in [-0.15, -0.1) is 0 Å². The first-order valence-electron chi connectivity index (χ1n) is 5.37. The number of hydrogen-bond acceptors (Lipinski definition) is 2. The number of hydrogen-bond donors (Lipinski definition) is 1. The van der Waals surface area contributed by atoms with E-state index < -0.39 is 6.10 Å². The number of aliphatic hydroxyl groups is 1. The minimum atomic E-state index is -0.460. The maximum Gasteiger partial charge on any atom is 0.0772 e. The van der Waals surface area contributed by atoms with E-state index in [0.29, 0.717) is 0 Å². The van der Waals surface area contributed by atoms with Gasteiger partial charge in [-0.25, -0.2) is 0 Å². The highest BCUT2D eigenvalue weighted by Crippen LogP contribution is 2.34. The molecule has 1 atom stereocenters. The molecule has 88 valence electrons. The molecule has 1 N–H and O–H groups in total. The lowest BCUT2D eigenvalue weighted by molar-refractivity contribution is 0.196. The van der Waals surface area contributed by atoms with Gasteiger partial charge in [-0.3, -0.25) is 0 Å². The first-order valence-corrected chi connectivity index (χ1v) is 6.56. The average Bonchev–Trinajstić information content (AvgIpc) is 2.29. The van der Waals surface area contributed by atoms with Crippen molar-refractivity contribution in [3.8, 4) is 0 Å². The highest BCUT2D eigenvalue weighted by molar-refractivity contribution is 7.99. The minimum absolute atomic E-state index is 0.460. The summed E-state index contributed by atoms with van der Waals surface area (Å²) < 4.78 is 0. The Labute approximate surface area is 110 Å². The molecule has 0 amide bonds. The standard InChI is InChI=1S/C14H13ClOS/c1-10(16)13-7-2-3-8-14(13)17-12-6-4-5-11(15)9-12/h2-10,16H,1H3/t10-/m1/s1. The predicted octanol–water partition coefficient (Wildman–Crippen LogP) is 4.54. The van der Waals surface area contributed by atoms with Gasteiger partial charge in [0.1, 0.15) is 0 Å². The summed E-state index contributed by atoms with van der Waals surface area (Å²) in [5.74, 6) is 0. The van der Waals surface area contributed by atoms with E-state index in [2.05, 4.69) is 0 Å². The van der Waals surface area contributed by atoms with Crippen LogP contribution in [-0.4, -0.2) is 5.11 Å². The van der Waals surface area contributed by atoms with E-state index in [1.54, 1.807) is 18.7 Å². The van der Waals surface area contributed by atoms with Crippen molar-refractivity contribution in [1.82, 2.24) is 0 Å². The molecular weight excluding hydrogens is 252 g/mol. The van der Waals surface area contributed by atoms with Crippen LogP contribution in [0.15, 0.2) is 58.3 Å². The molecule has 0 aliphatic carbocycles. The van der Waals surface area contributed by atoms with E-state index in [9.17, 15) is 5.11 Å². The van der Waals surface area contributed by atoms with Crippen molar-refractivity contribution in [2.24, 2.45) is 0 Å². The summed E-state index contributed by atoms with van der Waals surface area (Å²) in [6, 6.07) is 15.6. The number of rotatable bonds is 3. The van der Waals surface area contributed by atoms with Gasteiger partial charge in [0.2, 0.25) is 0 Å². The maximum atomic E-state index is 9.70. The Hall–Kier alpha value is -0.960. The molecule has 0 bridgehead atoms. The van der Waals surface area contributed by atoms with E-state index in [4.69, 9.17) is 11.6 Å². The summed E-state index contributed by atoms with van der Waals surface area (Å²) in [6.07, 6.45) is -0.460. The van der Waals surface area contributed by atoms with Gasteiger partial charge >= 0.3 is 0 Å². The molecule has 1 nitrogen and oxygen atoms in total. The SMILES string of the molecule is C[C@@H](O)c1ccccc1Sc1cccc(Cl)c1. The topological polar surface area (TPSA) is 20.2 Å². The van der Waals surface area contributed by atoms with Gasteiger partial charge in [0.25, 0.3) is 0 Å². The molecular formula is C14H13ClOS. The zero-order valence-electron chi connectivity index (χ0n) is 9.43.